The maximum atomic E-state index is 11.5. The Morgan fingerprint density at radius 1 is 1.33 bits per heavy atom. The number of pyridine rings is 1. The summed E-state index contributed by atoms with van der Waals surface area (Å²) in [7, 11) is 1.26. The Labute approximate surface area is 104 Å². The van der Waals surface area contributed by atoms with Crippen molar-refractivity contribution in [3.8, 4) is 0 Å². The van der Waals surface area contributed by atoms with Gasteiger partial charge in [-0.05, 0) is 12.1 Å². The molecule has 0 radical (unpaired) electrons. The zero-order chi connectivity index (χ0) is 13.4. The summed E-state index contributed by atoms with van der Waals surface area (Å²) < 4.78 is 4.41. The number of methoxy groups -OCH3 is 1. The normalized spacial score (nSPS) is 9.61. The van der Waals surface area contributed by atoms with Crippen molar-refractivity contribution in [2.24, 2.45) is 0 Å². The highest BCUT2D eigenvalue weighted by Gasteiger charge is 2.09. The van der Waals surface area contributed by atoms with Crippen LogP contribution in [-0.2, 0) is 14.3 Å². The van der Waals surface area contributed by atoms with Gasteiger partial charge < -0.3 is 10.1 Å². The molecule has 96 valence electrons. The molecule has 1 rings (SSSR count). The number of hydrogen-bond acceptors (Lipinski definition) is 5. The third-order valence-corrected chi connectivity index (χ3v) is 2.21. The molecule has 0 unspecified atom stereocenters. The number of carbonyl (C=O) groups excluding carboxylic acids is 3. The van der Waals surface area contributed by atoms with Crippen LogP contribution in [0.5, 0.6) is 0 Å². The van der Waals surface area contributed by atoms with Crippen molar-refractivity contribution >= 4 is 17.7 Å². The minimum atomic E-state index is -0.443. The van der Waals surface area contributed by atoms with Crippen molar-refractivity contribution in [3.63, 3.8) is 0 Å². The summed E-state index contributed by atoms with van der Waals surface area (Å²) in [4.78, 5) is 37.5. The van der Waals surface area contributed by atoms with Gasteiger partial charge in [-0.2, -0.15) is 0 Å². The van der Waals surface area contributed by atoms with Gasteiger partial charge in [0.25, 0.3) is 5.91 Å². The number of ketones is 1. The number of hydrogen-bond donors (Lipinski definition) is 1. The van der Waals surface area contributed by atoms with Crippen LogP contribution < -0.4 is 5.32 Å². The second kappa shape index (κ2) is 7.16. The highest BCUT2D eigenvalue weighted by molar-refractivity contribution is 5.96. The number of ether oxygens (including phenoxy) is 1. The topological polar surface area (TPSA) is 85.4 Å². The van der Waals surface area contributed by atoms with Gasteiger partial charge in [0, 0.05) is 18.8 Å². The highest BCUT2D eigenvalue weighted by atomic mass is 16.5. The molecule has 0 fully saturated rings. The zero-order valence-corrected chi connectivity index (χ0v) is 10.0. The monoisotopic (exact) mass is 250 g/mol. The van der Waals surface area contributed by atoms with Gasteiger partial charge >= 0.3 is 5.97 Å². The number of nitrogens with one attached hydrogen (secondary N) is 1. The first-order valence-corrected chi connectivity index (χ1v) is 5.40. The summed E-state index contributed by atoms with van der Waals surface area (Å²) in [5.41, 5.74) is 0.387. The van der Waals surface area contributed by atoms with E-state index in [1.807, 2.05) is 0 Å². The lowest BCUT2D eigenvalue weighted by Gasteiger charge is -2.03. The number of rotatable bonds is 6. The van der Waals surface area contributed by atoms with Crippen molar-refractivity contribution in [2.45, 2.75) is 12.8 Å². The largest absolute Gasteiger partial charge is 0.469 e. The molecule has 6 nitrogen and oxygen atoms in total. The maximum Gasteiger partial charge on any atom is 0.305 e. The van der Waals surface area contributed by atoms with Gasteiger partial charge in [-0.3, -0.25) is 19.4 Å². The summed E-state index contributed by atoms with van der Waals surface area (Å²) in [6.07, 6.45) is 3.05. The minimum Gasteiger partial charge on any atom is -0.469 e. The summed E-state index contributed by atoms with van der Waals surface area (Å²) in [5.74, 6) is -1.03. The molecule has 0 saturated carbocycles. The van der Waals surface area contributed by atoms with E-state index >= 15 is 0 Å². The van der Waals surface area contributed by atoms with E-state index in [1.54, 1.807) is 18.3 Å². The van der Waals surface area contributed by atoms with E-state index in [0.717, 1.165) is 0 Å². The number of esters is 1. The van der Waals surface area contributed by atoms with Crippen molar-refractivity contribution in [3.05, 3.63) is 30.1 Å². The van der Waals surface area contributed by atoms with Crippen molar-refractivity contribution in [2.75, 3.05) is 13.7 Å². The second-order valence-corrected chi connectivity index (χ2v) is 3.54. The van der Waals surface area contributed by atoms with E-state index in [0.29, 0.717) is 5.56 Å². The predicted molar refractivity (Wildman–Crippen MR) is 62.8 cm³/mol. The molecule has 0 bridgehead atoms. The lowest BCUT2D eigenvalue weighted by Crippen LogP contribution is -2.29. The summed E-state index contributed by atoms with van der Waals surface area (Å²) >= 11 is 0. The first-order chi connectivity index (χ1) is 8.63. The fourth-order valence-electron chi connectivity index (χ4n) is 1.21. The van der Waals surface area contributed by atoms with Crippen molar-refractivity contribution < 1.29 is 19.1 Å². The van der Waals surface area contributed by atoms with Gasteiger partial charge in [-0.15, -0.1) is 0 Å². The Morgan fingerprint density at radius 3 is 2.72 bits per heavy atom. The molecule has 0 atom stereocenters. The number of nitrogens with zero attached hydrogens (tertiary/aromatic N) is 1. The third kappa shape index (κ3) is 4.73. The molecule has 6 heteroatoms. The summed E-state index contributed by atoms with van der Waals surface area (Å²) in [5, 5.41) is 2.46. The molecule has 1 N–H and O–H groups in total. The van der Waals surface area contributed by atoms with Crippen LogP contribution in [0.15, 0.2) is 24.5 Å². The quantitative estimate of drug-likeness (QED) is 0.735. The second-order valence-electron chi connectivity index (χ2n) is 3.54. The molecular formula is C12H14N2O4. The number of carbonyl (C=O) groups is 3. The summed E-state index contributed by atoms with van der Waals surface area (Å²) in [6, 6.07) is 3.23. The average molecular weight is 250 g/mol. The maximum absolute atomic E-state index is 11.5. The molecule has 18 heavy (non-hydrogen) atoms. The van der Waals surface area contributed by atoms with Gasteiger partial charge in [0.1, 0.15) is 0 Å². The molecular weight excluding hydrogens is 236 g/mol. The molecule has 0 spiro atoms. The Morgan fingerprint density at radius 2 is 2.11 bits per heavy atom. The minimum absolute atomic E-state index is 0.0259. The van der Waals surface area contributed by atoms with Gasteiger partial charge in [0.15, 0.2) is 5.78 Å². The Bertz CT molecular complexity index is 431. The van der Waals surface area contributed by atoms with Crippen LogP contribution >= 0.6 is 0 Å². The molecule has 0 aromatic carbocycles. The van der Waals surface area contributed by atoms with Crippen LogP contribution in [0.2, 0.25) is 0 Å². The van der Waals surface area contributed by atoms with Gasteiger partial charge in [0.05, 0.1) is 25.6 Å². The Balaban J connectivity index is 2.31. The first kappa shape index (κ1) is 13.8. The number of Topliss-reactive ketones (excluding diaryl/α,β-unsaturated/α-hetero) is 1. The van der Waals surface area contributed by atoms with E-state index in [4.69, 9.17) is 0 Å². The summed E-state index contributed by atoms with van der Waals surface area (Å²) in [6.45, 7) is -0.106. The zero-order valence-electron chi connectivity index (χ0n) is 10.0. The van der Waals surface area contributed by atoms with E-state index in [2.05, 4.69) is 15.0 Å². The lowest BCUT2D eigenvalue weighted by atomic mass is 10.2. The molecule has 0 aliphatic rings. The van der Waals surface area contributed by atoms with Crippen LogP contribution in [0.3, 0.4) is 0 Å². The molecule has 1 aromatic heterocycles. The fraction of sp³-hybridized carbons (Fsp3) is 0.333. The van der Waals surface area contributed by atoms with E-state index in [-0.39, 0.29) is 31.1 Å². The molecule has 1 heterocycles. The molecule has 0 saturated heterocycles. The van der Waals surface area contributed by atoms with Gasteiger partial charge in [0.2, 0.25) is 0 Å². The van der Waals surface area contributed by atoms with Crippen LogP contribution in [0.4, 0.5) is 0 Å². The standard InChI is InChI=1S/C12H14N2O4/c1-18-11(16)5-4-10(15)8-14-12(17)9-3-2-6-13-7-9/h2-3,6-7H,4-5,8H2,1H3,(H,14,17). The predicted octanol–water partition coefficient (Wildman–Crippen LogP) is 0.334. The lowest BCUT2D eigenvalue weighted by molar-refractivity contribution is -0.141. The first-order valence-electron chi connectivity index (χ1n) is 5.40. The average Bonchev–Trinajstić information content (AvgIpc) is 2.42. The molecule has 1 amide bonds. The molecule has 0 aliphatic carbocycles. The van der Waals surface area contributed by atoms with Crippen molar-refractivity contribution in [1.82, 2.24) is 10.3 Å². The number of amides is 1. The highest BCUT2D eigenvalue weighted by Crippen LogP contribution is 1.96. The van der Waals surface area contributed by atoms with E-state index < -0.39 is 5.97 Å². The van der Waals surface area contributed by atoms with E-state index in [9.17, 15) is 14.4 Å². The van der Waals surface area contributed by atoms with Gasteiger partial charge in [-0.1, -0.05) is 0 Å². The number of aromatic nitrogens is 1. The Hall–Kier alpha value is -2.24. The SMILES string of the molecule is COC(=O)CCC(=O)CNC(=O)c1cccnc1. The fourth-order valence-corrected chi connectivity index (χ4v) is 1.21. The molecule has 0 aliphatic heterocycles. The third-order valence-electron chi connectivity index (χ3n) is 2.21. The van der Waals surface area contributed by atoms with Gasteiger partial charge in [-0.25, -0.2) is 0 Å². The van der Waals surface area contributed by atoms with Crippen LogP contribution in [0.25, 0.3) is 0 Å². The van der Waals surface area contributed by atoms with E-state index in [1.165, 1.54) is 13.3 Å². The van der Waals surface area contributed by atoms with Crippen LogP contribution in [0, 0.1) is 0 Å². The van der Waals surface area contributed by atoms with Crippen LogP contribution in [0.1, 0.15) is 23.2 Å². The van der Waals surface area contributed by atoms with Crippen LogP contribution in [-0.4, -0.2) is 36.3 Å². The molecule has 1 aromatic rings. The Kier molecular flexibility index (Phi) is 5.50. The van der Waals surface area contributed by atoms with Crippen molar-refractivity contribution in [1.29, 1.82) is 0 Å². The smallest absolute Gasteiger partial charge is 0.305 e.